The number of tetrazole rings is 1. The predicted molar refractivity (Wildman–Crippen MR) is 89.9 cm³/mol. The van der Waals surface area contributed by atoms with Gasteiger partial charge in [0.2, 0.25) is 0 Å². The quantitative estimate of drug-likeness (QED) is 0.691. The normalized spacial score (nSPS) is 19.8. The van der Waals surface area contributed by atoms with Crippen molar-refractivity contribution in [3.05, 3.63) is 5.82 Å². The molecule has 1 aromatic rings. The van der Waals surface area contributed by atoms with Crippen LogP contribution in [0.4, 0.5) is 0 Å². The fourth-order valence-corrected chi connectivity index (χ4v) is 3.73. The molecule has 1 aliphatic rings. The number of sulfone groups is 1. The average molecular weight is 374 g/mol. The number of carbonyl (C=O) groups excluding carboxylic acids is 1. The van der Waals surface area contributed by atoms with E-state index in [9.17, 15) is 13.2 Å². The summed E-state index contributed by atoms with van der Waals surface area (Å²) in [5, 5.41) is 11.9. The summed E-state index contributed by atoms with van der Waals surface area (Å²) in [6.07, 6.45) is -0.740. The molecule has 0 amide bonds. The summed E-state index contributed by atoms with van der Waals surface area (Å²) in [5.41, 5.74) is -0.367. The number of hydrogen-bond donors (Lipinski definition) is 0. The van der Waals surface area contributed by atoms with Gasteiger partial charge in [-0.25, -0.2) is 8.42 Å². The Labute approximate surface area is 148 Å². The van der Waals surface area contributed by atoms with Crippen LogP contribution in [0.1, 0.15) is 40.4 Å². The van der Waals surface area contributed by atoms with Gasteiger partial charge in [0.05, 0.1) is 43.6 Å². The first-order valence-corrected chi connectivity index (χ1v) is 9.83. The van der Waals surface area contributed by atoms with Gasteiger partial charge in [-0.15, -0.1) is 10.2 Å². The molecule has 25 heavy (non-hydrogen) atoms. The zero-order valence-electron chi connectivity index (χ0n) is 15.4. The van der Waals surface area contributed by atoms with Crippen molar-refractivity contribution in [2.24, 2.45) is 0 Å². The molecule has 2 heterocycles. The van der Waals surface area contributed by atoms with E-state index in [2.05, 4.69) is 15.4 Å². The molecule has 0 radical (unpaired) electrons. The second-order valence-electron chi connectivity index (χ2n) is 7.63. The molecule has 1 fully saturated rings. The minimum absolute atomic E-state index is 0.190. The summed E-state index contributed by atoms with van der Waals surface area (Å²) >= 11 is 0. The Kier molecular flexibility index (Phi) is 5.65. The van der Waals surface area contributed by atoms with Gasteiger partial charge < -0.3 is 9.47 Å². The highest BCUT2D eigenvalue weighted by Gasteiger charge is 2.43. The maximum absolute atomic E-state index is 12.7. The molecule has 0 bridgehead atoms. The van der Waals surface area contributed by atoms with Crippen LogP contribution in [0.3, 0.4) is 0 Å². The lowest BCUT2D eigenvalue weighted by atomic mass is 10.1. The van der Waals surface area contributed by atoms with Crippen molar-refractivity contribution in [1.82, 2.24) is 20.2 Å². The molecular weight excluding hydrogens is 348 g/mol. The molecule has 0 unspecified atom stereocenters. The zero-order chi connectivity index (χ0) is 18.9. The minimum atomic E-state index is -3.74. The Morgan fingerprint density at radius 1 is 1.24 bits per heavy atom. The van der Waals surface area contributed by atoms with E-state index in [1.54, 1.807) is 0 Å². The van der Waals surface area contributed by atoms with E-state index in [4.69, 9.17) is 9.47 Å². The fraction of sp³-hybridized carbons (Fsp3) is 0.867. The number of hydrogen-bond acceptors (Lipinski definition) is 8. The lowest BCUT2D eigenvalue weighted by Gasteiger charge is -2.28. The molecule has 1 atom stereocenters. The van der Waals surface area contributed by atoms with Crippen LogP contribution in [0.2, 0.25) is 0 Å². The molecular formula is C15H26N4O5S. The van der Waals surface area contributed by atoms with Crippen molar-refractivity contribution in [1.29, 1.82) is 0 Å². The van der Waals surface area contributed by atoms with E-state index in [0.717, 1.165) is 0 Å². The molecule has 9 nitrogen and oxygen atoms in total. The lowest BCUT2D eigenvalue weighted by Crippen LogP contribution is -2.47. The van der Waals surface area contributed by atoms with Crippen LogP contribution < -0.4 is 0 Å². The van der Waals surface area contributed by atoms with Crippen LogP contribution in [0.5, 0.6) is 0 Å². The highest BCUT2D eigenvalue weighted by Crippen LogP contribution is 2.22. The maximum Gasteiger partial charge on any atom is 0.182 e. The van der Waals surface area contributed by atoms with Crippen LogP contribution in [0, 0.1) is 0 Å². The Balaban J connectivity index is 2.09. The first-order valence-electron chi connectivity index (χ1n) is 8.18. The monoisotopic (exact) mass is 374 g/mol. The van der Waals surface area contributed by atoms with Gasteiger partial charge in [0.15, 0.2) is 21.4 Å². The van der Waals surface area contributed by atoms with Gasteiger partial charge in [-0.1, -0.05) is 0 Å². The Hall–Kier alpha value is -1.39. The Bertz CT molecular complexity index is 715. The third-order valence-electron chi connectivity index (χ3n) is 4.11. The second-order valence-corrected chi connectivity index (χ2v) is 10.2. The molecule has 1 saturated heterocycles. The summed E-state index contributed by atoms with van der Waals surface area (Å²) in [7, 11) is -3.74. The van der Waals surface area contributed by atoms with Crippen molar-refractivity contribution in [3.8, 4) is 0 Å². The summed E-state index contributed by atoms with van der Waals surface area (Å²) in [4.78, 5) is 14.0. The summed E-state index contributed by atoms with van der Waals surface area (Å²) in [6, 6.07) is 0. The average Bonchev–Trinajstić information content (AvgIpc) is 2.96. The van der Waals surface area contributed by atoms with Gasteiger partial charge in [-0.05, 0) is 39.8 Å². The van der Waals surface area contributed by atoms with Crippen LogP contribution in [0.25, 0.3) is 0 Å². The van der Waals surface area contributed by atoms with E-state index in [0.29, 0.717) is 13.2 Å². The van der Waals surface area contributed by atoms with Crippen molar-refractivity contribution < 1.29 is 22.7 Å². The van der Waals surface area contributed by atoms with Crippen LogP contribution in [0.15, 0.2) is 0 Å². The predicted octanol–water partition coefficient (Wildman–Crippen LogP) is 0.149. The number of nitrogens with zero attached hydrogens (tertiary/aromatic N) is 4. The number of rotatable bonds is 6. The minimum Gasteiger partial charge on any atom is -0.376 e. The van der Waals surface area contributed by atoms with Gasteiger partial charge >= 0.3 is 0 Å². The molecule has 1 aromatic heterocycles. The summed E-state index contributed by atoms with van der Waals surface area (Å²) in [6.45, 7) is 9.54. The van der Waals surface area contributed by atoms with Crippen molar-refractivity contribution >= 4 is 15.6 Å². The fourth-order valence-electron chi connectivity index (χ4n) is 2.21. The molecule has 0 aromatic carbocycles. The Morgan fingerprint density at radius 3 is 2.44 bits per heavy atom. The van der Waals surface area contributed by atoms with E-state index in [-0.39, 0.29) is 30.1 Å². The van der Waals surface area contributed by atoms with Gasteiger partial charge in [0, 0.05) is 0 Å². The molecule has 0 spiro atoms. The highest BCUT2D eigenvalue weighted by molar-refractivity contribution is 7.93. The number of ether oxygens (including phenoxy) is 2. The van der Waals surface area contributed by atoms with Crippen molar-refractivity contribution in [2.45, 2.75) is 57.4 Å². The molecule has 0 saturated carbocycles. The highest BCUT2D eigenvalue weighted by atomic mass is 32.2. The Morgan fingerprint density at radius 2 is 1.92 bits per heavy atom. The number of carbonyl (C=O) groups is 1. The topological polar surface area (TPSA) is 113 Å². The number of Topliss-reactive ketones (excluding diaryl/α,β-unsaturated/α-hetero) is 1. The van der Waals surface area contributed by atoms with Gasteiger partial charge in [-0.2, -0.15) is 4.80 Å². The molecule has 2 rings (SSSR count). The standard InChI is InChI=1S/C15H26N4O5S/c1-14(2,3)19-17-13(16-18-19)8-12(20)15(4,5)25(21,22)10-11-9-23-6-7-24-11/h11H,6-10H2,1-5H3/t11-/m1/s1. The third-order valence-corrected chi connectivity index (χ3v) is 6.71. The molecule has 0 N–H and O–H groups in total. The van der Waals surface area contributed by atoms with Crippen LogP contribution in [-0.4, -0.2) is 70.8 Å². The van der Waals surface area contributed by atoms with Gasteiger partial charge in [-0.3, -0.25) is 4.79 Å². The van der Waals surface area contributed by atoms with Gasteiger partial charge in [0.1, 0.15) is 4.75 Å². The van der Waals surface area contributed by atoms with Crippen LogP contribution >= 0.6 is 0 Å². The van der Waals surface area contributed by atoms with Crippen LogP contribution in [-0.2, 0) is 36.1 Å². The van der Waals surface area contributed by atoms with Crippen molar-refractivity contribution in [3.63, 3.8) is 0 Å². The maximum atomic E-state index is 12.7. The number of aromatic nitrogens is 4. The molecule has 142 valence electrons. The summed E-state index contributed by atoms with van der Waals surface area (Å²) < 4.78 is 34.4. The largest absolute Gasteiger partial charge is 0.376 e. The first kappa shape index (κ1) is 19.9. The SMILES string of the molecule is CC(C)(C)n1nnc(CC(=O)C(C)(C)S(=O)(=O)C[C@H]2COCCO2)n1. The van der Waals surface area contributed by atoms with E-state index >= 15 is 0 Å². The first-order chi connectivity index (χ1) is 11.4. The zero-order valence-corrected chi connectivity index (χ0v) is 16.2. The van der Waals surface area contributed by atoms with Gasteiger partial charge in [0.25, 0.3) is 0 Å². The second kappa shape index (κ2) is 7.08. The summed E-state index contributed by atoms with van der Waals surface area (Å²) in [5.74, 6) is -0.522. The molecule has 0 aliphatic carbocycles. The third kappa shape index (κ3) is 4.62. The van der Waals surface area contributed by atoms with E-state index in [1.807, 2.05) is 20.8 Å². The lowest BCUT2D eigenvalue weighted by molar-refractivity contribution is -0.120. The van der Waals surface area contributed by atoms with E-state index < -0.39 is 26.5 Å². The number of ketones is 1. The molecule has 1 aliphatic heterocycles. The smallest absolute Gasteiger partial charge is 0.182 e. The molecule has 10 heteroatoms. The van der Waals surface area contributed by atoms with E-state index in [1.165, 1.54) is 18.6 Å². The van der Waals surface area contributed by atoms with Crippen molar-refractivity contribution in [2.75, 3.05) is 25.6 Å².